The van der Waals surface area contributed by atoms with Crippen molar-refractivity contribution in [2.24, 2.45) is 0 Å². The normalized spacial score (nSPS) is 18.0. The van der Waals surface area contributed by atoms with Gasteiger partial charge in [0.15, 0.2) is 0 Å². The van der Waals surface area contributed by atoms with Crippen molar-refractivity contribution in [3.63, 3.8) is 0 Å². The quantitative estimate of drug-likeness (QED) is 0.812. The molecule has 0 saturated carbocycles. The second-order valence-corrected chi connectivity index (χ2v) is 5.17. The molecule has 3 rings (SSSR count). The van der Waals surface area contributed by atoms with Gasteiger partial charge in [0, 0.05) is 37.8 Å². The summed E-state index contributed by atoms with van der Waals surface area (Å²) in [6.45, 7) is 1.55. The fourth-order valence-corrected chi connectivity index (χ4v) is 2.43. The molecule has 1 amide bonds. The maximum atomic E-state index is 12.4. The molecule has 8 heteroatoms. The molecule has 1 fully saturated rings. The number of carbonyl (C=O) groups excluding carboxylic acids is 1. The predicted octanol–water partition coefficient (Wildman–Crippen LogP) is 1.01. The zero-order valence-electron chi connectivity index (χ0n) is 12.8. The molecular formula is C15H18N4O4. The summed E-state index contributed by atoms with van der Waals surface area (Å²) < 4.78 is 15.7. The number of hydrogen-bond donors (Lipinski definition) is 0. The Hall–Kier alpha value is -2.48. The molecule has 0 aliphatic carbocycles. The lowest BCUT2D eigenvalue weighted by Gasteiger charge is -2.32. The Balaban J connectivity index is 1.54. The summed E-state index contributed by atoms with van der Waals surface area (Å²) in [4.78, 5) is 22.4. The zero-order chi connectivity index (χ0) is 16.1. The van der Waals surface area contributed by atoms with E-state index in [4.69, 9.17) is 14.0 Å². The van der Waals surface area contributed by atoms with E-state index >= 15 is 0 Å². The van der Waals surface area contributed by atoms with Crippen LogP contribution in [0.25, 0.3) is 0 Å². The van der Waals surface area contributed by atoms with Crippen molar-refractivity contribution in [3.05, 3.63) is 36.1 Å². The summed E-state index contributed by atoms with van der Waals surface area (Å²) in [6, 6.07) is 1.69. The first-order valence-corrected chi connectivity index (χ1v) is 7.41. The number of aromatic nitrogens is 3. The van der Waals surface area contributed by atoms with Crippen LogP contribution in [0.5, 0.6) is 5.88 Å². The number of carbonyl (C=O) groups is 1. The maximum absolute atomic E-state index is 12.4. The van der Waals surface area contributed by atoms with Crippen LogP contribution in [-0.4, -0.2) is 52.7 Å². The van der Waals surface area contributed by atoms with Gasteiger partial charge in [0.25, 0.3) is 5.88 Å². The zero-order valence-corrected chi connectivity index (χ0v) is 12.8. The van der Waals surface area contributed by atoms with Crippen molar-refractivity contribution in [3.8, 4) is 5.88 Å². The Morgan fingerprint density at radius 3 is 3.13 bits per heavy atom. The Morgan fingerprint density at radius 2 is 2.39 bits per heavy atom. The first-order chi connectivity index (χ1) is 11.3. The van der Waals surface area contributed by atoms with Crippen LogP contribution in [0.2, 0.25) is 0 Å². The van der Waals surface area contributed by atoms with Gasteiger partial charge in [-0.1, -0.05) is 0 Å². The molecule has 0 unspecified atom stereocenters. The van der Waals surface area contributed by atoms with Gasteiger partial charge in [-0.3, -0.25) is 14.8 Å². The van der Waals surface area contributed by atoms with E-state index in [1.807, 2.05) is 0 Å². The summed E-state index contributed by atoms with van der Waals surface area (Å²) in [5, 5.41) is 3.72. The molecule has 8 nitrogen and oxygen atoms in total. The molecule has 1 saturated heterocycles. The lowest BCUT2D eigenvalue weighted by molar-refractivity contribution is -0.139. The molecule has 1 atom stereocenters. The highest BCUT2D eigenvalue weighted by Gasteiger charge is 2.26. The standard InChI is InChI=1S/C15H18N4O4/c1-21-14-8-11(23-18-14)2-3-15(20)19-6-7-22-13(10-19)12-9-16-4-5-17-12/h4-5,8-9,13H,2-3,6-7,10H2,1H3/t13-/m1/s1. The largest absolute Gasteiger partial charge is 0.479 e. The summed E-state index contributed by atoms with van der Waals surface area (Å²) in [5.74, 6) is 1.10. The number of aryl methyl sites for hydroxylation is 1. The highest BCUT2D eigenvalue weighted by atomic mass is 16.5. The molecule has 2 aromatic heterocycles. The second kappa shape index (κ2) is 7.19. The van der Waals surface area contributed by atoms with E-state index in [1.165, 1.54) is 7.11 Å². The summed E-state index contributed by atoms with van der Waals surface area (Å²) >= 11 is 0. The third-order valence-corrected chi connectivity index (χ3v) is 3.66. The molecule has 0 spiro atoms. The molecular weight excluding hydrogens is 300 g/mol. The van der Waals surface area contributed by atoms with E-state index < -0.39 is 0 Å². The third kappa shape index (κ3) is 3.84. The van der Waals surface area contributed by atoms with Crippen LogP contribution < -0.4 is 4.74 Å². The van der Waals surface area contributed by atoms with Crippen LogP contribution in [0, 0.1) is 0 Å². The molecule has 3 heterocycles. The highest BCUT2D eigenvalue weighted by Crippen LogP contribution is 2.20. The molecule has 0 radical (unpaired) electrons. The van der Waals surface area contributed by atoms with Gasteiger partial charge in [-0.25, -0.2) is 0 Å². The van der Waals surface area contributed by atoms with Crippen molar-refractivity contribution < 1.29 is 18.8 Å². The lowest BCUT2D eigenvalue weighted by atomic mass is 10.1. The molecule has 2 aromatic rings. The van der Waals surface area contributed by atoms with Crippen molar-refractivity contribution in [1.29, 1.82) is 0 Å². The fourth-order valence-electron chi connectivity index (χ4n) is 2.43. The van der Waals surface area contributed by atoms with Crippen LogP contribution in [0.4, 0.5) is 0 Å². The number of morpholine rings is 1. The second-order valence-electron chi connectivity index (χ2n) is 5.17. The average Bonchev–Trinajstić information content (AvgIpc) is 3.09. The van der Waals surface area contributed by atoms with Gasteiger partial charge in [0.2, 0.25) is 5.91 Å². The van der Waals surface area contributed by atoms with Crippen molar-refractivity contribution in [2.75, 3.05) is 26.8 Å². The summed E-state index contributed by atoms with van der Waals surface area (Å²) in [5.41, 5.74) is 0.741. The maximum Gasteiger partial charge on any atom is 0.254 e. The van der Waals surface area contributed by atoms with Crippen LogP contribution in [0.15, 0.2) is 29.2 Å². The number of methoxy groups -OCH3 is 1. The first kappa shape index (κ1) is 15.4. The number of ether oxygens (including phenoxy) is 2. The van der Waals surface area contributed by atoms with Gasteiger partial charge < -0.3 is 18.9 Å². The van der Waals surface area contributed by atoms with Crippen LogP contribution in [0.1, 0.15) is 24.0 Å². The van der Waals surface area contributed by atoms with Crippen LogP contribution >= 0.6 is 0 Å². The number of nitrogens with zero attached hydrogens (tertiary/aromatic N) is 4. The molecule has 122 valence electrons. The summed E-state index contributed by atoms with van der Waals surface area (Å²) in [6.07, 6.45) is 5.51. The molecule has 0 bridgehead atoms. The molecule has 0 aromatic carbocycles. The minimum atomic E-state index is -0.230. The molecule has 1 aliphatic rings. The number of rotatable bonds is 5. The van der Waals surface area contributed by atoms with Crippen LogP contribution in [-0.2, 0) is 16.0 Å². The predicted molar refractivity (Wildman–Crippen MR) is 78.7 cm³/mol. The van der Waals surface area contributed by atoms with Gasteiger partial charge in [-0.15, -0.1) is 0 Å². The van der Waals surface area contributed by atoms with E-state index in [2.05, 4.69) is 15.1 Å². The fraction of sp³-hybridized carbons (Fsp3) is 0.467. The van der Waals surface area contributed by atoms with E-state index in [9.17, 15) is 4.79 Å². The SMILES string of the molecule is COc1cc(CCC(=O)N2CCO[C@@H](c3cnccn3)C2)on1. The molecule has 1 aliphatic heterocycles. The Kier molecular flexibility index (Phi) is 4.82. The molecule has 23 heavy (non-hydrogen) atoms. The van der Waals surface area contributed by atoms with Gasteiger partial charge in [-0.05, 0) is 5.16 Å². The van der Waals surface area contributed by atoms with E-state index in [-0.39, 0.29) is 12.0 Å². The monoisotopic (exact) mass is 318 g/mol. The van der Waals surface area contributed by atoms with Crippen LogP contribution in [0.3, 0.4) is 0 Å². The van der Waals surface area contributed by atoms with Gasteiger partial charge in [-0.2, -0.15) is 0 Å². The number of amides is 1. The smallest absolute Gasteiger partial charge is 0.254 e. The summed E-state index contributed by atoms with van der Waals surface area (Å²) in [7, 11) is 1.52. The van der Waals surface area contributed by atoms with E-state index in [0.29, 0.717) is 44.2 Å². The minimum Gasteiger partial charge on any atom is -0.479 e. The van der Waals surface area contributed by atoms with Crippen molar-refractivity contribution in [2.45, 2.75) is 18.9 Å². The first-order valence-electron chi connectivity index (χ1n) is 7.41. The highest BCUT2D eigenvalue weighted by molar-refractivity contribution is 5.76. The van der Waals surface area contributed by atoms with Gasteiger partial charge >= 0.3 is 0 Å². The molecule has 0 N–H and O–H groups in total. The Morgan fingerprint density at radius 1 is 1.48 bits per heavy atom. The van der Waals surface area contributed by atoms with Gasteiger partial charge in [0.1, 0.15) is 11.9 Å². The minimum absolute atomic E-state index is 0.0533. The van der Waals surface area contributed by atoms with Crippen molar-refractivity contribution in [1.82, 2.24) is 20.0 Å². The Bertz CT molecular complexity index is 646. The van der Waals surface area contributed by atoms with Gasteiger partial charge in [0.05, 0.1) is 32.2 Å². The lowest BCUT2D eigenvalue weighted by Crippen LogP contribution is -2.42. The Labute approximate surface area is 133 Å². The van der Waals surface area contributed by atoms with E-state index in [1.54, 1.807) is 29.6 Å². The van der Waals surface area contributed by atoms with Crippen molar-refractivity contribution >= 4 is 5.91 Å². The average molecular weight is 318 g/mol. The topological polar surface area (TPSA) is 90.6 Å². The van der Waals surface area contributed by atoms with E-state index in [0.717, 1.165) is 5.69 Å². The third-order valence-electron chi connectivity index (χ3n) is 3.66. The number of hydrogen-bond acceptors (Lipinski definition) is 7.